The van der Waals surface area contributed by atoms with Crippen LogP contribution in [-0.4, -0.2) is 19.1 Å². The summed E-state index contributed by atoms with van der Waals surface area (Å²) in [5, 5.41) is 2.55. The molecule has 0 heterocycles. The first-order valence-corrected chi connectivity index (χ1v) is 7.58. The molecule has 0 atom stereocenters. The first-order valence-electron chi connectivity index (χ1n) is 6.78. The van der Waals surface area contributed by atoms with Crippen molar-refractivity contribution in [3.05, 3.63) is 52.5 Å². The highest BCUT2D eigenvalue weighted by Gasteiger charge is 2.14. The molecule has 122 valence electrons. The minimum atomic E-state index is -2.97. The normalized spacial score (nSPS) is 10.5. The molecule has 0 aromatic heterocycles. The van der Waals surface area contributed by atoms with Crippen LogP contribution in [0.15, 0.2) is 46.9 Å². The van der Waals surface area contributed by atoms with Gasteiger partial charge in [-0.2, -0.15) is 8.78 Å². The highest BCUT2D eigenvalue weighted by atomic mass is 79.9. The second-order valence-electron chi connectivity index (χ2n) is 4.41. The molecule has 4 nitrogen and oxygen atoms in total. The summed E-state index contributed by atoms with van der Waals surface area (Å²) < 4.78 is 35.1. The van der Waals surface area contributed by atoms with Gasteiger partial charge in [0.05, 0.1) is 16.8 Å². The Bertz CT molecular complexity index is 695. The lowest BCUT2D eigenvalue weighted by Crippen LogP contribution is -2.14. The molecule has 0 saturated carbocycles. The van der Waals surface area contributed by atoms with Gasteiger partial charge in [-0.05, 0) is 53.2 Å². The van der Waals surface area contributed by atoms with Crippen LogP contribution in [0.2, 0.25) is 0 Å². The lowest BCUT2D eigenvalue weighted by atomic mass is 10.2. The number of carbonyl (C=O) groups excluding carboxylic acids is 1. The predicted molar refractivity (Wildman–Crippen MR) is 86.3 cm³/mol. The van der Waals surface area contributed by atoms with E-state index in [1.807, 2.05) is 6.92 Å². The van der Waals surface area contributed by atoms with Gasteiger partial charge in [0.2, 0.25) is 0 Å². The number of halogens is 3. The third-order valence-corrected chi connectivity index (χ3v) is 3.46. The van der Waals surface area contributed by atoms with Crippen LogP contribution in [0.3, 0.4) is 0 Å². The number of amides is 1. The first-order chi connectivity index (χ1) is 11.0. The molecule has 23 heavy (non-hydrogen) atoms. The topological polar surface area (TPSA) is 47.6 Å². The fourth-order valence-electron chi connectivity index (χ4n) is 1.88. The molecule has 2 aromatic carbocycles. The van der Waals surface area contributed by atoms with Crippen LogP contribution in [0.1, 0.15) is 17.3 Å². The second kappa shape index (κ2) is 7.92. The Morgan fingerprint density at radius 1 is 1.22 bits per heavy atom. The highest BCUT2D eigenvalue weighted by molar-refractivity contribution is 9.10. The maximum absolute atomic E-state index is 12.4. The third kappa shape index (κ3) is 4.66. The quantitative estimate of drug-likeness (QED) is 0.783. The zero-order valence-electron chi connectivity index (χ0n) is 12.2. The van der Waals surface area contributed by atoms with Crippen LogP contribution in [0.5, 0.6) is 11.5 Å². The van der Waals surface area contributed by atoms with Gasteiger partial charge < -0.3 is 14.8 Å². The molecule has 0 saturated heterocycles. The minimum Gasteiger partial charge on any atom is -0.493 e. The van der Waals surface area contributed by atoms with Gasteiger partial charge in [0.15, 0.2) is 0 Å². The van der Waals surface area contributed by atoms with E-state index in [4.69, 9.17) is 4.74 Å². The average Bonchev–Trinajstić information content (AvgIpc) is 2.51. The second-order valence-corrected chi connectivity index (χ2v) is 5.26. The Morgan fingerprint density at radius 2 is 1.96 bits per heavy atom. The molecule has 2 aromatic rings. The van der Waals surface area contributed by atoms with Crippen molar-refractivity contribution in [2.24, 2.45) is 0 Å². The van der Waals surface area contributed by atoms with Crippen molar-refractivity contribution >= 4 is 27.5 Å². The van der Waals surface area contributed by atoms with E-state index in [2.05, 4.69) is 26.0 Å². The van der Waals surface area contributed by atoms with Gasteiger partial charge in [-0.15, -0.1) is 0 Å². The molecule has 0 fully saturated rings. The van der Waals surface area contributed by atoms with Crippen LogP contribution in [-0.2, 0) is 0 Å². The summed E-state index contributed by atoms with van der Waals surface area (Å²) in [6.45, 7) is -0.608. The Morgan fingerprint density at radius 3 is 2.61 bits per heavy atom. The summed E-state index contributed by atoms with van der Waals surface area (Å²) in [5.41, 5.74) is 0.523. The number of ether oxygens (including phenoxy) is 2. The van der Waals surface area contributed by atoms with Crippen molar-refractivity contribution in [1.82, 2.24) is 0 Å². The largest absolute Gasteiger partial charge is 0.493 e. The van der Waals surface area contributed by atoms with Crippen LogP contribution >= 0.6 is 15.9 Å². The molecule has 1 amide bonds. The van der Waals surface area contributed by atoms with Crippen LogP contribution in [0.25, 0.3) is 0 Å². The molecule has 0 bridgehead atoms. The predicted octanol–water partition coefficient (Wildman–Crippen LogP) is 4.70. The Hall–Kier alpha value is -2.15. The number of benzene rings is 2. The van der Waals surface area contributed by atoms with Gasteiger partial charge in [-0.1, -0.05) is 12.1 Å². The van der Waals surface area contributed by atoms with E-state index in [9.17, 15) is 13.6 Å². The molecule has 0 aliphatic carbocycles. The molecule has 7 heteroatoms. The van der Waals surface area contributed by atoms with E-state index in [0.717, 1.165) is 0 Å². The van der Waals surface area contributed by atoms with Crippen molar-refractivity contribution in [3.8, 4) is 11.5 Å². The van der Waals surface area contributed by atoms with Crippen LogP contribution in [0, 0.1) is 0 Å². The summed E-state index contributed by atoms with van der Waals surface area (Å²) in [4.78, 5) is 12.3. The minimum absolute atomic E-state index is 0.0964. The summed E-state index contributed by atoms with van der Waals surface area (Å²) >= 11 is 3.32. The number of anilines is 1. The van der Waals surface area contributed by atoms with Gasteiger partial charge in [0, 0.05) is 5.56 Å². The Labute approximate surface area is 140 Å². The van der Waals surface area contributed by atoms with E-state index >= 15 is 0 Å². The summed E-state index contributed by atoms with van der Waals surface area (Å²) in [5.74, 6) is 0.0744. The van der Waals surface area contributed by atoms with Gasteiger partial charge in [-0.25, -0.2) is 0 Å². The third-order valence-electron chi connectivity index (χ3n) is 2.85. The number of hydrogen-bond acceptors (Lipinski definition) is 3. The zero-order valence-corrected chi connectivity index (χ0v) is 13.8. The smallest absolute Gasteiger partial charge is 0.387 e. The molecular weight excluding hydrogens is 372 g/mol. The number of para-hydroxylation sites is 2. The number of alkyl halides is 2. The molecule has 0 radical (unpaired) electrons. The maximum atomic E-state index is 12.4. The van der Waals surface area contributed by atoms with Gasteiger partial charge in [-0.3, -0.25) is 4.79 Å². The lowest BCUT2D eigenvalue weighted by Gasteiger charge is -2.12. The highest BCUT2D eigenvalue weighted by Crippen LogP contribution is 2.28. The first kappa shape index (κ1) is 17.2. The molecule has 2 rings (SSSR count). The maximum Gasteiger partial charge on any atom is 0.387 e. The van der Waals surface area contributed by atoms with Gasteiger partial charge >= 0.3 is 6.61 Å². The molecule has 1 N–H and O–H groups in total. The number of hydrogen-bond donors (Lipinski definition) is 1. The summed E-state index contributed by atoms with van der Waals surface area (Å²) in [6, 6.07) is 10.8. The fraction of sp³-hybridized carbons (Fsp3) is 0.188. The van der Waals surface area contributed by atoms with Gasteiger partial charge in [0.25, 0.3) is 5.91 Å². The van der Waals surface area contributed by atoms with Crippen molar-refractivity contribution in [1.29, 1.82) is 0 Å². The van der Waals surface area contributed by atoms with Crippen molar-refractivity contribution < 1.29 is 23.0 Å². The number of rotatable bonds is 6. The summed E-state index contributed by atoms with van der Waals surface area (Å²) in [7, 11) is 0. The molecular formula is C16H14BrF2NO3. The van der Waals surface area contributed by atoms with E-state index in [1.54, 1.807) is 30.3 Å². The Balaban J connectivity index is 2.18. The van der Waals surface area contributed by atoms with Crippen LogP contribution in [0.4, 0.5) is 14.5 Å². The molecule has 0 unspecified atom stereocenters. The lowest BCUT2D eigenvalue weighted by molar-refractivity contribution is -0.0493. The summed E-state index contributed by atoms with van der Waals surface area (Å²) in [6.07, 6.45) is 0. The standard InChI is InChI=1S/C16H14BrF2NO3/c1-2-22-13-8-7-10(9-11(13)17)15(21)20-12-5-3-4-6-14(12)23-16(18)19/h3-9,16H,2H2,1H3,(H,20,21). The average molecular weight is 386 g/mol. The Kier molecular flexibility index (Phi) is 5.92. The molecule has 0 aliphatic rings. The SMILES string of the molecule is CCOc1ccc(C(=O)Nc2ccccc2OC(F)F)cc1Br. The van der Waals surface area contributed by atoms with Crippen molar-refractivity contribution in [2.45, 2.75) is 13.5 Å². The van der Waals surface area contributed by atoms with E-state index in [-0.39, 0.29) is 11.4 Å². The monoisotopic (exact) mass is 385 g/mol. The molecule has 0 aliphatic heterocycles. The van der Waals surface area contributed by atoms with Crippen molar-refractivity contribution in [2.75, 3.05) is 11.9 Å². The van der Waals surface area contributed by atoms with E-state index in [0.29, 0.717) is 22.4 Å². The van der Waals surface area contributed by atoms with Crippen molar-refractivity contribution in [3.63, 3.8) is 0 Å². The number of carbonyl (C=O) groups is 1. The zero-order chi connectivity index (χ0) is 16.8. The van der Waals surface area contributed by atoms with Gasteiger partial charge in [0.1, 0.15) is 11.5 Å². The molecule has 0 spiro atoms. The van der Waals surface area contributed by atoms with E-state index in [1.165, 1.54) is 12.1 Å². The van der Waals surface area contributed by atoms with E-state index < -0.39 is 12.5 Å². The fourth-order valence-corrected chi connectivity index (χ4v) is 2.37. The van der Waals surface area contributed by atoms with Crippen LogP contribution < -0.4 is 14.8 Å². The number of nitrogens with one attached hydrogen (secondary N) is 1.